The summed E-state index contributed by atoms with van der Waals surface area (Å²) >= 11 is 0. The van der Waals surface area contributed by atoms with Crippen LogP contribution in [0.15, 0.2) is 6.20 Å². The second kappa shape index (κ2) is 6.23. The van der Waals surface area contributed by atoms with Gasteiger partial charge < -0.3 is 10.2 Å². The van der Waals surface area contributed by atoms with Gasteiger partial charge in [0, 0.05) is 25.8 Å². The molecule has 0 saturated carbocycles. The Morgan fingerprint density at radius 3 is 2.89 bits per heavy atom. The van der Waals surface area contributed by atoms with Crippen LogP contribution >= 0.6 is 0 Å². The molecular weight excluding hydrogens is 224 g/mol. The molecule has 2 heterocycles. The van der Waals surface area contributed by atoms with E-state index in [0.717, 1.165) is 5.69 Å². The van der Waals surface area contributed by atoms with Crippen LogP contribution in [0.2, 0.25) is 0 Å². The minimum atomic E-state index is 0.606. The number of likely N-dealkylation sites (tertiary alicyclic amines) is 1. The van der Waals surface area contributed by atoms with Crippen molar-refractivity contribution >= 4 is 5.69 Å². The van der Waals surface area contributed by atoms with Gasteiger partial charge in [0.05, 0.1) is 11.4 Å². The van der Waals surface area contributed by atoms with Crippen molar-refractivity contribution in [1.29, 1.82) is 0 Å². The smallest absolute Gasteiger partial charge is 0.0825 e. The Balaban J connectivity index is 1.88. The number of rotatable bonds is 4. The fraction of sp³-hybridized carbons (Fsp3) is 0.786. The molecule has 1 unspecified atom stereocenters. The molecule has 0 amide bonds. The van der Waals surface area contributed by atoms with E-state index < -0.39 is 0 Å². The number of nitrogens with one attached hydrogen (secondary N) is 1. The third-order valence-electron chi connectivity index (χ3n) is 3.73. The van der Waals surface area contributed by atoms with E-state index in [1.54, 1.807) is 0 Å². The Kier molecular flexibility index (Phi) is 4.64. The molecule has 4 nitrogen and oxygen atoms in total. The molecule has 1 fully saturated rings. The third kappa shape index (κ3) is 3.48. The zero-order chi connectivity index (χ0) is 13.0. The van der Waals surface area contributed by atoms with Gasteiger partial charge in [-0.15, -0.1) is 0 Å². The number of hydrogen-bond donors (Lipinski definition) is 1. The molecule has 0 radical (unpaired) electrons. The zero-order valence-electron chi connectivity index (χ0n) is 11.9. The summed E-state index contributed by atoms with van der Waals surface area (Å²) in [6.45, 7) is 8.07. The SMILES string of the molecule is CCCN1CCCC(Nc2cn(C)nc2C)CC1. The van der Waals surface area contributed by atoms with Crippen LogP contribution in [0.1, 0.15) is 38.3 Å². The average molecular weight is 250 g/mol. The Morgan fingerprint density at radius 2 is 2.22 bits per heavy atom. The van der Waals surface area contributed by atoms with Crippen LogP contribution in [0.3, 0.4) is 0 Å². The largest absolute Gasteiger partial charge is 0.380 e. The van der Waals surface area contributed by atoms with E-state index in [-0.39, 0.29) is 0 Å². The van der Waals surface area contributed by atoms with Crippen LogP contribution in [0.4, 0.5) is 5.69 Å². The minimum Gasteiger partial charge on any atom is -0.380 e. The highest BCUT2D eigenvalue weighted by atomic mass is 15.3. The molecule has 0 aromatic carbocycles. The van der Waals surface area contributed by atoms with Crippen LogP contribution < -0.4 is 5.32 Å². The monoisotopic (exact) mass is 250 g/mol. The van der Waals surface area contributed by atoms with E-state index in [1.807, 2.05) is 11.7 Å². The van der Waals surface area contributed by atoms with E-state index in [4.69, 9.17) is 0 Å². The van der Waals surface area contributed by atoms with Crippen molar-refractivity contribution in [3.63, 3.8) is 0 Å². The van der Waals surface area contributed by atoms with Crippen molar-refractivity contribution in [2.24, 2.45) is 7.05 Å². The van der Waals surface area contributed by atoms with E-state index >= 15 is 0 Å². The van der Waals surface area contributed by atoms with Crippen molar-refractivity contribution in [3.05, 3.63) is 11.9 Å². The van der Waals surface area contributed by atoms with Crippen LogP contribution in [0.5, 0.6) is 0 Å². The molecule has 1 atom stereocenters. The van der Waals surface area contributed by atoms with Crippen molar-refractivity contribution in [2.75, 3.05) is 25.0 Å². The minimum absolute atomic E-state index is 0.606. The Bertz CT molecular complexity index is 372. The van der Waals surface area contributed by atoms with E-state index in [9.17, 15) is 0 Å². The van der Waals surface area contributed by atoms with E-state index in [2.05, 4.69) is 35.4 Å². The first kappa shape index (κ1) is 13.4. The molecule has 1 aliphatic heterocycles. The number of hydrogen-bond acceptors (Lipinski definition) is 3. The summed E-state index contributed by atoms with van der Waals surface area (Å²) in [6.07, 6.45) is 7.17. The molecule has 1 saturated heterocycles. The van der Waals surface area contributed by atoms with Gasteiger partial charge in [-0.05, 0) is 45.7 Å². The molecule has 0 aliphatic carbocycles. The highest BCUT2D eigenvalue weighted by Crippen LogP contribution is 2.19. The third-order valence-corrected chi connectivity index (χ3v) is 3.73. The summed E-state index contributed by atoms with van der Waals surface area (Å²) in [4.78, 5) is 2.60. The molecule has 2 rings (SSSR count). The molecule has 1 N–H and O–H groups in total. The predicted molar refractivity (Wildman–Crippen MR) is 75.9 cm³/mol. The van der Waals surface area contributed by atoms with Gasteiger partial charge in [0.2, 0.25) is 0 Å². The molecule has 0 spiro atoms. The Labute approximate surface area is 110 Å². The molecule has 102 valence electrons. The number of aromatic nitrogens is 2. The lowest BCUT2D eigenvalue weighted by molar-refractivity contribution is 0.285. The van der Waals surface area contributed by atoms with Gasteiger partial charge in [0.1, 0.15) is 0 Å². The number of nitrogens with zero attached hydrogens (tertiary/aromatic N) is 3. The van der Waals surface area contributed by atoms with Crippen molar-refractivity contribution in [2.45, 2.75) is 45.6 Å². The second-order valence-corrected chi connectivity index (χ2v) is 5.42. The van der Waals surface area contributed by atoms with Crippen LogP contribution in [0, 0.1) is 6.92 Å². The number of anilines is 1. The summed E-state index contributed by atoms with van der Waals surface area (Å²) < 4.78 is 1.89. The van der Waals surface area contributed by atoms with Gasteiger partial charge >= 0.3 is 0 Å². The fourth-order valence-corrected chi connectivity index (χ4v) is 2.80. The van der Waals surface area contributed by atoms with Crippen molar-refractivity contribution in [3.8, 4) is 0 Å². The normalized spacial score (nSPS) is 21.8. The molecule has 18 heavy (non-hydrogen) atoms. The van der Waals surface area contributed by atoms with E-state index in [0.29, 0.717) is 6.04 Å². The van der Waals surface area contributed by atoms with Crippen molar-refractivity contribution in [1.82, 2.24) is 14.7 Å². The summed E-state index contributed by atoms with van der Waals surface area (Å²) in [5, 5.41) is 8.05. The standard InChI is InChI=1S/C14H26N4/c1-4-8-18-9-5-6-13(7-10-18)15-14-11-17(3)16-12(14)2/h11,13,15H,4-10H2,1-3H3. The number of aryl methyl sites for hydroxylation is 2. The summed E-state index contributed by atoms with van der Waals surface area (Å²) in [5.41, 5.74) is 2.30. The molecule has 0 bridgehead atoms. The molecule has 1 aromatic rings. The summed E-state index contributed by atoms with van der Waals surface area (Å²) in [7, 11) is 1.98. The Morgan fingerprint density at radius 1 is 1.39 bits per heavy atom. The van der Waals surface area contributed by atoms with Gasteiger partial charge in [0.15, 0.2) is 0 Å². The summed E-state index contributed by atoms with van der Waals surface area (Å²) in [5.74, 6) is 0. The van der Waals surface area contributed by atoms with Crippen LogP contribution in [-0.4, -0.2) is 40.4 Å². The predicted octanol–water partition coefficient (Wildman–Crippen LogP) is 2.40. The zero-order valence-corrected chi connectivity index (χ0v) is 11.9. The maximum absolute atomic E-state index is 4.39. The molecule has 4 heteroatoms. The van der Waals surface area contributed by atoms with Crippen molar-refractivity contribution < 1.29 is 0 Å². The van der Waals surface area contributed by atoms with Crippen LogP contribution in [0.25, 0.3) is 0 Å². The van der Waals surface area contributed by atoms with Crippen LogP contribution in [-0.2, 0) is 7.05 Å². The van der Waals surface area contributed by atoms with Gasteiger partial charge in [-0.1, -0.05) is 6.92 Å². The van der Waals surface area contributed by atoms with E-state index in [1.165, 1.54) is 51.0 Å². The average Bonchev–Trinajstić information content (AvgIpc) is 2.52. The maximum atomic E-state index is 4.39. The maximum Gasteiger partial charge on any atom is 0.0825 e. The van der Waals surface area contributed by atoms with Gasteiger partial charge in [-0.3, -0.25) is 4.68 Å². The summed E-state index contributed by atoms with van der Waals surface area (Å²) in [6, 6.07) is 0.606. The Hall–Kier alpha value is -1.03. The van der Waals surface area contributed by atoms with Gasteiger partial charge in [-0.25, -0.2) is 0 Å². The topological polar surface area (TPSA) is 33.1 Å². The second-order valence-electron chi connectivity index (χ2n) is 5.42. The molecule has 1 aromatic heterocycles. The molecule has 1 aliphatic rings. The quantitative estimate of drug-likeness (QED) is 0.891. The fourth-order valence-electron chi connectivity index (χ4n) is 2.80. The lowest BCUT2D eigenvalue weighted by atomic mass is 10.1. The highest BCUT2D eigenvalue weighted by molar-refractivity contribution is 5.46. The highest BCUT2D eigenvalue weighted by Gasteiger charge is 2.17. The van der Waals surface area contributed by atoms with Gasteiger partial charge in [0.25, 0.3) is 0 Å². The first-order valence-electron chi connectivity index (χ1n) is 7.18. The lowest BCUT2D eigenvalue weighted by Crippen LogP contribution is -2.27. The first-order valence-corrected chi connectivity index (χ1v) is 7.18. The molecular formula is C14H26N4. The van der Waals surface area contributed by atoms with Gasteiger partial charge in [-0.2, -0.15) is 5.10 Å². The first-order chi connectivity index (χ1) is 8.69. The lowest BCUT2D eigenvalue weighted by Gasteiger charge is -2.19.